The molecule has 0 aromatic carbocycles. The van der Waals surface area contributed by atoms with Gasteiger partial charge in [0.1, 0.15) is 0 Å². The van der Waals surface area contributed by atoms with Gasteiger partial charge in [0, 0.05) is 23.8 Å². The standard InChI is InChI=1S/C13H12BrClN2OS/c1-2-17(8-9-3-4-12(14)19-9)13(18)10-5-6-16-7-11(10)15/h3-7H,2,8H2,1H3. The highest BCUT2D eigenvalue weighted by molar-refractivity contribution is 9.11. The second-order valence-electron chi connectivity index (χ2n) is 3.88. The van der Waals surface area contributed by atoms with Gasteiger partial charge in [0.2, 0.25) is 0 Å². The number of hydrogen-bond donors (Lipinski definition) is 0. The summed E-state index contributed by atoms with van der Waals surface area (Å²) in [6.45, 7) is 3.17. The zero-order valence-electron chi connectivity index (χ0n) is 10.3. The van der Waals surface area contributed by atoms with Crippen LogP contribution in [0.4, 0.5) is 0 Å². The molecule has 0 aliphatic carbocycles. The average Bonchev–Trinajstić information content (AvgIpc) is 2.81. The molecule has 19 heavy (non-hydrogen) atoms. The molecule has 6 heteroatoms. The zero-order chi connectivity index (χ0) is 13.8. The molecule has 0 aliphatic rings. The van der Waals surface area contributed by atoms with E-state index in [-0.39, 0.29) is 5.91 Å². The van der Waals surface area contributed by atoms with Crippen molar-refractivity contribution in [2.24, 2.45) is 0 Å². The van der Waals surface area contributed by atoms with Crippen molar-refractivity contribution in [3.05, 3.63) is 49.8 Å². The predicted molar refractivity (Wildman–Crippen MR) is 81.7 cm³/mol. The number of carbonyl (C=O) groups is 1. The van der Waals surface area contributed by atoms with Crippen molar-refractivity contribution < 1.29 is 4.79 Å². The fourth-order valence-corrected chi connectivity index (χ4v) is 3.37. The second-order valence-corrected chi connectivity index (χ2v) is 6.84. The number of aromatic nitrogens is 1. The fraction of sp³-hybridized carbons (Fsp3) is 0.231. The third kappa shape index (κ3) is 3.55. The third-order valence-corrected chi connectivity index (χ3v) is 4.56. The normalized spacial score (nSPS) is 10.5. The summed E-state index contributed by atoms with van der Waals surface area (Å²) in [5.74, 6) is -0.0700. The highest BCUT2D eigenvalue weighted by Gasteiger charge is 2.17. The molecule has 0 saturated carbocycles. The Bertz CT molecular complexity index is 588. The first-order valence-corrected chi connectivity index (χ1v) is 7.73. The number of thiophene rings is 1. The summed E-state index contributed by atoms with van der Waals surface area (Å²) in [7, 11) is 0. The van der Waals surface area contributed by atoms with Crippen LogP contribution in [0, 0.1) is 0 Å². The minimum Gasteiger partial charge on any atom is -0.334 e. The maximum atomic E-state index is 12.4. The van der Waals surface area contributed by atoms with E-state index >= 15 is 0 Å². The van der Waals surface area contributed by atoms with E-state index in [1.54, 1.807) is 28.5 Å². The van der Waals surface area contributed by atoms with Crippen LogP contribution >= 0.6 is 38.9 Å². The Kier molecular flexibility index (Phi) is 4.96. The van der Waals surface area contributed by atoms with Crippen LogP contribution in [-0.4, -0.2) is 22.3 Å². The zero-order valence-corrected chi connectivity index (χ0v) is 13.4. The topological polar surface area (TPSA) is 33.2 Å². The first kappa shape index (κ1) is 14.5. The Morgan fingerprint density at radius 1 is 1.47 bits per heavy atom. The summed E-state index contributed by atoms with van der Waals surface area (Å²) in [6.07, 6.45) is 3.07. The number of amides is 1. The Labute approximate surface area is 129 Å². The molecule has 2 heterocycles. The Hall–Kier alpha value is -0.910. The maximum Gasteiger partial charge on any atom is 0.255 e. The Morgan fingerprint density at radius 3 is 2.84 bits per heavy atom. The van der Waals surface area contributed by atoms with Crippen LogP contribution in [0.25, 0.3) is 0 Å². The van der Waals surface area contributed by atoms with E-state index in [0.29, 0.717) is 23.7 Å². The van der Waals surface area contributed by atoms with Crippen LogP contribution in [0.3, 0.4) is 0 Å². The van der Waals surface area contributed by atoms with Gasteiger partial charge in [-0.15, -0.1) is 11.3 Å². The van der Waals surface area contributed by atoms with E-state index in [1.165, 1.54) is 6.20 Å². The van der Waals surface area contributed by atoms with Crippen LogP contribution in [-0.2, 0) is 6.54 Å². The van der Waals surface area contributed by atoms with E-state index < -0.39 is 0 Å². The largest absolute Gasteiger partial charge is 0.334 e. The molecule has 100 valence electrons. The molecular weight excluding hydrogens is 348 g/mol. The molecule has 0 spiro atoms. The number of rotatable bonds is 4. The molecule has 3 nitrogen and oxygen atoms in total. The van der Waals surface area contributed by atoms with Crippen molar-refractivity contribution in [3.8, 4) is 0 Å². The van der Waals surface area contributed by atoms with Crippen LogP contribution in [0.15, 0.2) is 34.4 Å². The number of hydrogen-bond acceptors (Lipinski definition) is 3. The van der Waals surface area contributed by atoms with Gasteiger partial charge in [-0.2, -0.15) is 0 Å². The van der Waals surface area contributed by atoms with E-state index in [2.05, 4.69) is 20.9 Å². The van der Waals surface area contributed by atoms with E-state index in [9.17, 15) is 4.79 Å². The van der Waals surface area contributed by atoms with Crippen molar-refractivity contribution in [2.45, 2.75) is 13.5 Å². The van der Waals surface area contributed by atoms with Gasteiger partial charge in [0.25, 0.3) is 5.91 Å². The molecule has 2 aromatic heterocycles. The van der Waals surface area contributed by atoms with E-state index in [1.807, 2.05) is 19.1 Å². The number of pyridine rings is 1. The Balaban J connectivity index is 2.18. The van der Waals surface area contributed by atoms with Gasteiger partial charge in [-0.1, -0.05) is 11.6 Å². The molecule has 0 aliphatic heterocycles. The van der Waals surface area contributed by atoms with Crippen LogP contribution < -0.4 is 0 Å². The van der Waals surface area contributed by atoms with Gasteiger partial charge < -0.3 is 4.90 Å². The fourth-order valence-electron chi connectivity index (χ4n) is 1.67. The molecular formula is C13H12BrClN2OS. The monoisotopic (exact) mass is 358 g/mol. The molecule has 0 atom stereocenters. The van der Waals surface area contributed by atoms with Gasteiger partial charge in [-0.3, -0.25) is 9.78 Å². The van der Waals surface area contributed by atoms with Gasteiger partial charge in [0.15, 0.2) is 0 Å². The number of nitrogens with zero attached hydrogens (tertiary/aromatic N) is 2. The van der Waals surface area contributed by atoms with Crippen molar-refractivity contribution in [1.82, 2.24) is 9.88 Å². The molecule has 0 saturated heterocycles. The average molecular weight is 360 g/mol. The highest BCUT2D eigenvalue weighted by atomic mass is 79.9. The smallest absolute Gasteiger partial charge is 0.255 e. The molecule has 0 radical (unpaired) electrons. The third-order valence-electron chi connectivity index (χ3n) is 2.65. The SMILES string of the molecule is CCN(Cc1ccc(Br)s1)C(=O)c1ccncc1Cl. The lowest BCUT2D eigenvalue weighted by molar-refractivity contribution is 0.0754. The molecule has 0 unspecified atom stereocenters. The maximum absolute atomic E-state index is 12.4. The number of carbonyl (C=O) groups excluding carboxylic acids is 1. The molecule has 2 aromatic rings. The minimum absolute atomic E-state index is 0.0700. The minimum atomic E-state index is -0.0700. The quantitative estimate of drug-likeness (QED) is 0.819. The summed E-state index contributed by atoms with van der Waals surface area (Å²) in [4.78, 5) is 19.2. The van der Waals surface area contributed by atoms with Gasteiger partial charge in [-0.25, -0.2) is 0 Å². The van der Waals surface area contributed by atoms with Crippen molar-refractivity contribution in [1.29, 1.82) is 0 Å². The van der Waals surface area contributed by atoms with Crippen molar-refractivity contribution >= 4 is 44.8 Å². The van der Waals surface area contributed by atoms with Crippen LogP contribution in [0.2, 0.25) is 5.02 Å². The molecule has 1 amide bonds. The predicted octanol–water partition coefficient (Wildman–Crippen LogP) is 4.22. The van der Waals surface area contributed by atoms with Gasteiger partial charge in [-0.05, 0) is 41.1 Å². The van der Waals surface area contributed by atoms with Crippen molar-refractivity contribution in [2.75, 3.05) is 6.54 Å². The summed E-state index contributed by atoms with van der Waals surface area (Å²) < 4.78 is 1.06. The lowest BCUT2D eigenvalue weighted by atomic mass is 10.2. The van der Waals surface area contributed by atoms with Crippen LogP contribution in [0.5, 0.6) is 0 Å². The molecule has 2 rings (SSSR count). The lowest BCUT2D eigenvalue weighted by Crippen LogP contribution is -2.30. The summed E-state index contributed by atoms with van der Waals surface area (Å²) in [5.41, 5.74) is 0.495. The lowest BCUT2D eigenvalue weighted by Gasteiger charge is -2.20. The van der Waals surface area contributed by atoms with Crippen molar-refractivity contribution in [3.63, 3.8) is 0 Å². The molecule has 0 fully saturated rings. The second kappa shape index (κ2) is 6.50. The van der Waals surface area contributed by atoms with Crippen LogP contribution in [0.1, 0.15) is 22.2 Å². The molecule has 0 N–H and O–H groups in total. The first-order chi connectivity index (χ1) is 9.11. The number of halogens is 2. The van der Waals surface area contributed by atoms with Gasteiger partial charge in [0.05, 0.1) is 20.9 Å². The van der Waals surface area contributed by atoms with E-state index in [0.717, 1.165) is 8.66 Å². The van der Waals surface area contributed by atoms with E-state index in [4.69, 9.17) is 11.6 Å². The first-order valence-electron chi connectivity index (χ1n) is 5.74. The highest BCUT2D eigenvalue weighted by Crippen LogP contribution is 2.24. The van der Waals surface area contributed by atoms with Gasteiger partial charge >= 0.3 is 0 Å². The molecule has 0 bridgehead atoms. The summed E-state index contributed by atoms with van der Waals surface area (Å²) in [6, 6.07) is 5.65. The summed E-state index contributed by atoms with van der Waals surface area (Å²) in [5, 5.41) is 0.387. The Morgan fingerprint density at radius 2 is 2.26 bits per heavy atom. The summed E-state index contributed by atoms with van der Waals surface area (Å²) >= 11 is 11.1.